The van der Waals surface area contributed by atoms with Crippen LogP contribution in [0.3, 0.4) is 0 Å². The molecule has 0 aliphatic carbocycles. The molecule has 1 aromatic heterocycles. The summed E-state index contributed by atoms with van der Waals surface area (Å²) >= 11 is 7.44. The Morgan fingerprint density at radius 1 is 1.13 bits per heavy atom. The molecule has 0 radical (unpaired) electrons. The van der Waals surface area contributed by atoms with Gasteiger partial charge in [0.15, 0.2) is 11.5 Å². The van der Waals surface area contributed by atoms with Gasteiger partial charge < -0.3 is 8.92 Å². The van der Waals surface area contributed by atoms with Crippen LogP contribution in [-0.4, -0.2) is 36.6 Å². The van der Waals surface area contributed by atoms with Gasteiger partial charge in [-0.3, -0.25) is 4.79 Å². The molecular weight excluding hydrogens is 446 g/mol. The van der Waals surface area contributed by atoms with E-state index in [0.29, 0.717) is 22.1 Å². The van der Waals surface area contributed by atoms with Crippen molar-refractivity contribution in [2.75, 3.05) is 6.26 Å². The van der Waals surface area contributed by atoms with Crippen LogP contribution in [0.25, 0.3) is 16.1 Å². The zero-order valence-electron chi connectivity index (χ0n) is 17.7. The number of nitrogens with zero attached hydrogens (tertiary/aromatic N) is 1. The first-order valence-corrected chi connectivity index (χ1v) is 12.4. The molecule has 1 aromatic carbocycles. The van der Waals surface area contributed by atoms with Crippen LogP contribution in [0.1, 0.15) is 45.2 Å². The number of carbonyl (C=O) groups is 1. The molecular formula is C21H24ClNO5S2. The van der Waals surface area contributed by atoms with Crippen molar-refractivity contribution in [3.8, 4) is 10.6 Å². The highest BCUT2D eigenvalue weighted by Crippen LogP contribution is 2.44. The minimum atomic E-state index is -3.90. The molecule has 1 aliphatic rings. The fourth-order valence-corrected chi connectivity index (χ4v) is 5.17. The van der Waals surface area contributed by atoms with Crippen molar-refractivity contribution < 1.29 is 22.1 Å². The minimum Gasteiger partial charge on any atom is -0.383 e. The maximum absolute atomic E-state index is 13.4. The van der Waals surface area contributed by atoms with Gasteiger partial charge in [-0.15, -0.1) is 11.3 Å². The Kier molecular flexibility index (Phi) is 5.92. The molecule has 1 aliphatic heterocycles. The molecule has 2 heterocycles. The average Bonchev–Trinajstić information content (AvgIpc) is 3.03. The molecule has 0 saturated carbocycles. The van der Waals surface area contributed by atoms with Gasteiger partial charge in [0.25, 0.3) is 0 Å². The van der Waals surface area contributed by atoms with Crippen LogP contribution in [0.4, 0.5) is 0 Å². The number of ether oxygens (including phenoxy) is 1. The first kappa shape index (κ1) is 22.9. The summed E-state index contributed by atoms with van der Waals surface area (Å²) in [6.07, 6.45) is 1.56. The summed E-state index contributed by atoms with van der Waals surface area (Å²) < 4.78 is 35.2. The summed E-state index contributed by atoms with van der Waals surface area (Å²) in [6.45, 7) is 8.64. The lowest BCUT2D eigenvalue weighted by Crippen LogP contribution is -2.50. The zero-order chi connectivity index (χ0) is 22.5. The minimum absolute atomic E-state index is 0.0445. The molecule has 0 spiro atoms. The SMILES string of the molecule is CCc1sc(-c2ccc(Cl)cc2)nc1C1=C(OS(C)(=O)=O)C(C)(C)OC(C)(C)C1=O. The lowest BCUT2D eigenvalue weighted by Gasteiger charge is -2.41. The quantitative estimate of drug-likeness (QED) is 0.581. The van der Waals surface area contributed by atoms with Gasteiger partial charge in [0.05, 0.1) is 17.5 Å². The predicted octanol–water partition coefficient (Wildman–Crippen LogP) is 4.87. The lowest BCUT2D eigenvalue weighted by molar-refractivity contribution is -0.157. The van der Waals surface area contributed by atoms with E-state index in [1.807, 2.05) is 19.1 Å². The Hall–Kier alpha value is -1.74. The number of ketones is 1. The smallest absolute Gasteiger partial charge is 0.306 e. The maximum atomic E-state index is 13.4. The summed E-state index contributed by atoms with van der Waals surface area (Å²) in [5, 5.41) is 1.32. The molecule has 6 nitrogen and oxygen atoms in total. The molecule has 0 amide bonds. The predicted molar refractivity (Wildman–Crippen MR) is 119 cm³/mol. The number of hydrogen-bond donors (Lipinski definition) is 0. The van der Waals surface area contributed by atoms with Crippen LogP contribution in [0, 0.1) is 0 Å². The average molecular weight is 470 g/mol. The van der Waals surface area contributed by atoms with Crippen molar-refractivity contribution in [3.63, 3.8) is 0 Å². The van der Waals surface area contributed by atoms with Crippen molar-refractivity contribution in [2.45, 2.75) is 52.2 Å². The molecule has 30 heavy (non-hydrogen) atoms. The van der Waals surface area contributed by atoms with Gasteiger partial charge in [0, 0.05) is 15.5 Å². The molecule has 0 unspecified atom stereocenters. The second-order valence-electron chi connectivity index (χ2n) is 8.09. The van der Waals surface area contributed by atoms with E-state index >= 15 is 0 Å². The first-order valence-electron chi connectivity index (χ1n) is 9.40. The number of carbonyl (C=O) groups excluding carboxylic acids is 1. The normalized spacial score (nSPS) is 18.6. The van der Waals surface area contributed by atoms with E-state index in [1.54, 1.807) is 39.8 Å². The van der Waals surface area contributed by atoms with Crippen molar-refractivity contribution in [1.82, 2.24) is 4.98 Å². The van der Waals surface area contributed by atoms with Gasteiger partial charge in [0.1, 0.15) is 16.2 Å². The molecule has 3 rings (SSSR count). The fraction of sp³-hybridized carbons (Fsp3) is 0.429. The van der Waals surface area contributed by atoms with E-state index in [9.17, 15) is 13.2 Å². The molecule has 162 valence electrons. The third kappa shape index (κ3) is 4.46. The van der Waals surface area contributed by atoms with E-state index in [0.717, 1.165) is 16.7 Å². The molecule has 0 N–H and O–H groups in total. The van der Waals surface area contributed by atoms with Crippen LogP contribution in [0.2, 0.25) is 5.02 Å². The number of thiazole rings is 1. The topological polar surface area (TPSA) is 82.6 Å². The van der Waals surface area contributed by atoms with E-state index < -0.39 is 21.3 Å². The third-order valence-electron chi connectivity index (χ3n) is 4.64. The number of Topliss-reactive ketones (excluding diaryl/α,β-unsaturated/α-hetero) is 1. The van der Waals surface area contributed by atoms with Crippen LogP contribution in [-0.2, 0) is 30.3 Å². The summed E-state index contributed by atoms with van der Waals surface area (Å²) in [6, 6.07) is 7.25. The number of benzene rings is 1. The number of halogens is 1. The zero-order valence-corrected chi connectivity index (χ0v) is 20.1. The van der Waals surface area contributed by atoms with Crippen molar-refractivity contribution >= 4 is 44.4 Å². The third-order valence-corrected chi connectivity index (χ3v) is 6.61. The van der Waals surface area contributed by atoms with Gasteiger partial charge in [0.2, 0.25) is 0 Å². The van der Waals surface area contributed by atoms with Crippen LogP contribution in [0.15, 0.2) is 30.0 Å². The number of aromatic nitrogens is 1. The highest BCUT2D eigenvalue weighted by atomic mass is 35.5. The van der Waals surface area contributed by atoms with Crippen molar-refractivity contribution in [1.29, 1.82) is 0 Å². The van der Waals surface area contributed by atoms with E-state index in [1.165, 1.54) is 11.3 Å². The largest absolute Gasteiger partial charge is 0.383 e. The van der Waals surface area contributed by atoms with Gasteiger partial charge in [-0.05, 0) is 46.2 Å². The molecule has 0 fully saturated rings. The van der Waals surface area contributed by atoms with E-state index in [-0.39, 0.29) is 17.1 Å². The summed E-state index contributed by atoms with van der Waals surface area (Å²) in [4.78, 5) is 19.0. The molecule has 9 heteroatoms. The molecule has 2 aromatic rings. The Morgan fingerprint density at radius 3 is 2.27 bits per heavy atom. The van der Waals surface area contributed by atoms with Gasteiger partial charge >= 0.3 is 10.1 Å². The summed E-state index contributed by atoms with van der Waals surface area (Å²) in [5.41, 5.74) is -0.881. The van der Waals surface area contributed by atoms with Gasteiger partial charge in [-0.1, -0.05) is 30.7 Å². The standard InChI is InChI=1S/C21H24ClNO5S2/c1-7-14-16(23-19(29-14)12-8-10-13(22)11-9-12)15-17(24)20(2,3)28-21(4,5)18(15)27-30(6,25)26/h8-11H,7H2,1-6H3. The highest BCUT2D eigenvalue weighted by Gasteiger charge is 2.50. The lowest BCUT2D eigenvalue weighted by atomic mass is 9.84. The monoisotopic (exact) mass is 469 g/mol. The van der Waals surface area contributed by atoms with Crippen molar-refractivity contribution in [2.24, 2.45) is 0 Å². The molecule has 0 saturated heterocycles. The Morgan fingerprint density at radius 2 is 1.73 bits per heavy atom. The number of aryl methyl sites for hydroxylation is 1. The number of rotatable bonds is 5. The first-order chi connectivity index (χ1) is 13.7. The molecule has 0 bridgehead atoms. The van der Waals surface area contributed by atoms with Gasteiger partial charge in [-0.2, -0.15) is 8.42 Å². The second-order valence-corrected chi connectivity index (χ2v) is 11.2. The highest BCUT2D eigenvalue weighted by molar-refractivity contribution is 7.86. The van der Waals surface area contributed by atoms with Crippen LogP contribution < -0.4 is 0 Å². The summed E-state index contributed by atoms with van der Waals surface area (Å²) in [5.74, 6) is -0.417. The maximum Gasteiger partial charge on any atom is 0.306 e. The Labute approximate surface area is 186 Å². The van der Waals surface area contributed by atoms with E-state index in [4.69, 9.17) is 25.5 Å². The van der Waals surface area contributed by atoms with Crippen LogP contribution >= 0.6 is 22.9 Å². The Balaban J connectivity index is 2.30. The van der Waals surface area contributed by atoms with E-state index in [2.05, 4.69) is 0 Å². The van der Waals surface area contributed by atoms with Crippen LogP contribution in [0.5, 0.6) is 0 Å². The summed E-state index contributed by atoms with van der Waals surface area (Å²) in [7, 11) is -3.90. The Bertz CT molecular complexity index is 1130. The number of hydrogen-bond acceptors (Lipinski definition) is 7. The van der Waals surface area contributed by atoms with Crippen molar-refractivity contribution in [3.05, 3.63) is 45.6 Å². The van der Waals surface area contributed by atoms with Gasteiger partial charge in [-0.25, -0.2) is 4.98 Å². The molecule has 0 atom stereocenters. The fourth-order valence-electron chi connectivity index (χ4n) is 3.45. The second kappa shape index (κ2) is 7.75.